The molecule has 0 aliphatic carbocycles. The van der Waals surface area contributed by atoms with E-state index in [1.54, 1.807) is 0 Å². The Hall–Kier alpha value is -2.67. The summed E-state index contributed by atoms with van der Waals surface area (Å²) in [4.78, 5) is 19.3. The standard InChI is InChI=1S/C21H25N5OS/c22-20-25-18(15-28-20)21(17-6-2-1-3-7-17)9-11-26(12-10-21)19(27)8-4-5-16-13-23-24-14-16/h1-3,6-7,13-15H,4-5,8-12H2,(H2,22,25)(H,23,24). The molecule has 1 aliphatic heterocycles. The van der Waals surface area contributed by atoms with Gasteiger partial charge in [0.05, 0.1) is 11.9 Å². The maximum atomic E-state index is 12.7. The minimum atomic E-state index is -0.164. The molecule has 0 bridgehead atoms. The van der Waals surface area contributed by atoms with Crippen LogP contribution in [0.2, 0.25) is 0 Å². The Labute approximate surface area is 168 Å². The summed E-state index contributed by atoms with van der Waals surface area (Å²) < 4.78 is 0. The van der Waals surface area contributed by atoms with Crippen molar-refractivity contribution >= 4 is 22.4 Å². The van der Waals surface area contributed by atoms with E-state index in [4.69, 9.17) is 5.73 Å². The summed E-state index contributed by atoms with van der Waals surface area (Å²) >= 11 is 1.49. The van der Waals surface area contributed by atoms with Gasteiger partial charge in [-0.05, 0) is 36.8 Å². The van der Waals surface area contributed by atoms with E-state index in [2.05, 4.69) is 44.8 Å². The van der Waals surface area contributed by atoms with Crippen LogP contribution in [-0.2, 0) is 16.6 Å². The van der Waals surface area contributed by atoms with Crippen LogP contribution in [0.15, 0.2) is 48.1 Å². The molecule has 3 heterocycles. The number of carbonyl (C=O) groups is 1. The van der Waals surface area contributed by atoms with E-state index in [9.17, 15) is 4.79 Å². The molecule has 3 aromatic rings. The number of thiazole rings is 1. The first-order chi connectivity index (χ1) is 13.7. The third-order valence-corrected chi connectivity index (χ3v) is 6.39. The molecule has 0 saturated carbocycles. The summed E-state index contributed by atoms with van der Waals surface area (Å²) in [6.07, 6.45) is 7.75. The van der Waals surface area contributed by atoms with Crippen LogP contribution in [0.5, 0.6) is 0 Å². The highest BCUT2D eigenvalue weighted by molar-refractivity contribution is 7.13. The summed E-state index contributed by atoms with van der Waals surface area (Å²) in [5, 5.41) is 9.44. The first kappa shape index (κ1) is 18.7. The second-order valence-electron chi connectivity index (χ2n) is 7.36. The van der Waals surface area contributed by atoms with Crippen LogP contribution < -0.4 is 5.73 Å². The number of nitrogens with two attached hydrogens (primary N) is 1. The van der Waals surface area contributed by atoms with Crippen molar-refractivity contribution < 1.29 is 4.79 Å². The van der Waals surface area contributed by atoms with Crippen LogP contribution in [0.3, 0.4) is 0 Å². The lowest BCUT2D eigenvalue weighted by molar-refractivity contribution is -0.132. The lowest BCUT2D eigenvalue weighted by Gasteiger charge is -2.41. The number of nitrogen functional groups attached to an aromatic ring is 1. The topological polar surface area (TPSA) is 87.9 Å². The number of nitrogens with zero attached hydrogens (tertiary/aromatic N) is 3. The molecule has 7 heteroatoms. The van der Waals surface area contributed by atoms with E-state index in [1.165, 1.54) is 16.9 Å². The normalized spacial score (nSPS) is 16.2. The second-order valence-corrected chi connectivity index (χ2v) is 8.25. The van der Waals surface area contributed by atoms with Gasteiger partial charge in [-0.15, -0.1) is 11.3 Å². The summed E-state index contributed by atoms with van der Waals surface area (Å²) in [6.45, 7) is 1.49. The second kappa shape index (κ2) is 8.14. The van der Waals surface area contributed by atoms with Gasteiger partial charge in [-0.25, -0.2) is 4.98 Å². The minimum absolute atomic E-state index is 0.164. The zero-order valence-electron chi connectivity index (χ0n) is 15.8. The van der Waals surface area contributed by atoms with Crippen molar-refractivity contribution in [3.63, 3.8) is 0 Å². The van der Waals surface area contributed by atoms with E-state index < -0.39 is 0 Å². The molecular weight excluding hydrogens is 370 g/mol. The third-order valence-electron chi connectivity index (χ3n) is 5.72. The third kappa shape index (κ3) is 3.80. The number of piperidine rings is 1. The van der Waals surface area contributed by atoms with E-state index in [0.29, 0.717) is 11.6 Å². The number of amides is 1. The molecule has 0 unspecified atom stereocenters. The van der Waals surface area contributed by atoms with Crippen LogP contribution in [-0.4, -0.2) is 39.1 Å². The zero-order chi connectivity index (χ0) is 19.4. The molecule has 3 N–H and O–H groups in total. The molecule has 4 rings (SSSR count). The average Bonchev–Trinajstić information content (AvgIpc) is 3.41. The summed E-state index contributed by atoms with van der Waals surface area (Å²) in [5.41, 5.74) is 9.21. The van der Waals surface area contributed by atoms with Crippen molar-refractivity contribution in [3.8, 4) is 0 Å². The van der Waals surface area contributed by atoms with Crippen LogP contribution in [0.4, 0.5) is 5.13 Å². The fourth-order valence-electron chi connectivity index (χ4n) is 4.11. The highest BCUT2D eigenvalue weighted by atomic mass is 32.1. The lowest BCUT2D eigenvalue weighted by atomic mass is 9.70. The van der Waals surface area contributed by atoms with Crippen molar-refractivity contribution in [2.75, 3.05) is 18.8 Å². The van der Waals surface area contributed by atoms with Crippen LogP contribution in [0.1, 0.15) is 42.5 Å². The number of hydrogen-bond acceptors (Lipinski definition) is 5. The number of hydrogen-bond donors (Lipinski definition) is 2. The molecule has 1 aliphatic rings. The van der Waals surface area contributed by atoms with E-state index >= 15 is 0 Å². The molecule has 2 aromatic heterocycles. The van der Waals surface area contributed by atoms with Crippen LogP contribution in [0, 0.1) is 0 Å². The Morgan fingerprint density at radius 1 is 1.25 bits per heavy atom. The fourth-order valence-corrected chi connectivity index (χ4v) is 4.77. The maximum Gasteiger partial charge on any atom is 0.222 e. The fraction of sp³-hybridized carbons (Fsp3) is 0.381. The molecule has 0 atom stereocenters. The number of aromatic nitrogens is 3. The van der Waals surface area contributed by atoms with Crippen LogP contribution in [0.25, 0.3) is 0 Å². The van der Waals surface area contributed by atoms with Crippen molar-refractivity contribution in [2.45, 2.75) is 37.5 Å². The van der Waals surface area contributed by atoms with Gasteiger partial charge in [0.25, 0.3) is 0 Å². The number of aromatic amines is 1. The quantitative estimate of drug-likeness (QED) is 0.670. The Morgan fingerprint density at radius 2 is 2.04 bits per heavy atom. The van der Waals surface area contributed by atoms with Crippen molar-refractivity contribution in [1.82, 2.24) is 20.1 Å². The number of benzene rings is 1. The smallest absolute Gasteiger partial charge is 0.222 e. The van der Waals surface area contributed by atoms with E-state index in [1.807, 2.05) is 23.4 Å². The molecule has 0 radical (unpaired) electrons. The summed E-state index contributed by atoms with van der Waals surface area (Å²) in [6, 6.07) is 10.5. The van der Waals surface area contributed by atoms with Gasteiger partial charge in [0.15, 0.2) is 5.13 Å². The number of H-pyrrole nitrogens is 1. The van der Waals surface area contributed by atoms with Gasteiger partial charge in [0.2, 0.25) is 5.91 Å². The number of carbonyl (C=O) groups excluding carboxylic acids is 1. The SMILES string of the molecule is Nc1nc(C2(c3ccccc3)CCN(C(=O)CCCc3cn[nH]c3)CC2)cs1. The predicted octanol–water partition coefficient (Wildman–Crippen LogP) is 3.38. The Bertz CT molecular complexity index is 898. The number of aryl methyl sites for hydroxylation is 1. The average molecular weight is 396 g/mol. The van der Waals surface area contributed by atoms with Crippen molar-refractivity contribution in [2.24, 2.45) is 0 Å². The van der Waals surface area contributed by atoms with Crippen LogP contribution >= 0.6 is 11.3 Å². The molecule has 1 aromatic carbocycles. The highest BCUT2D eigenvalue weighted by Gasteiger charge is 2.40. The molecule has 28 heavy (non-hydrogen) atoms. The highest BCUT2D eigenvalue weighted by Crippen LogP contribution is 2.42. The van der Waals surface area contributed by atoms with E-state index in [-0.39, 0.29) is 11.3 Å². The monoisotopic (exact) mass is 395 g/mol. The Balaban J connectivity index is 1.43. The number of anilines is 1. The van der Waals surface area contributed by atoms with E-state index in [0.717, 1.165) is 50.0 Å². The van der Waals surface area contributed by atoms with Gasteiger partial charge in [-0.3, -0.25) is 9.89 Å². The molecule has 1 amide bonds. The van der Waals surface area contributed by atoms with Gasteiger partial charge in [-0.1, -0.05) is 30.3 Å². The first-order valence-corrected chi connectivity index (χ1v) is 10.6. The Kier molecular flexibility index (Phi) is 5.43. The predicted molar refractivity (Wildman–Crippen MR) is 111 cm³/mol. The van der Waals surface area contributed by atoms with Gasteiger partial charge < -0.3 is 10.6 Å². The van der Waals surface area contributed by atoms with Gasteiger partial charge in [0, 0.05) is 36.5 Å². The van der Waals surface area contributed by atoms with Gasteiger partial charge in [0.1, 0.15) is 0 Å². The minimum Gasteiger partial charge on any atom is -0.375 e. The van der Waals surface area contributed by atoms with Gasteiger partial charge in [-0.2, -0.15) is 5.10 Å². The molecular formula is C21H25N5OS. The molecule has 1 fully saturated rings. The summed E-state index contributed by atoms with van der Waals surface area (Å²) in [7, 11) is 0. The van der Waals surface area contributed by atoms with Crippen molar-refractivity contribution in [1.29, 1.82) is 0 Å². The maximum absolute atomic E-state index is 12.7. The molecule has 146 valence electrons. The van der Waals surface area contributed by atoms with Crippen molar-refractivity contribution in [3.05, 3.63) is 64.9 Å². The molecule has 0 spiro atoms. The first-order valence-electron chi connectivity index (χ1n) is 9.70. The lowest BCUT2D eigenvalue weighted by Crippen LogP contribution is -2.46. The largest absolute Gasteiger partial charge is 0.375 e. The molecule has 1 saturated heterocycles. The number of nitrogens with one attached hydrogen (secondary N) is 1. The number of rotatable bonds is 6. The summed E-state index contributed by atoms with van der Waals surface area (Å²) in [5.74, 6) is 0.239. The van der Waals surface area contributed by atoms with Gasteiger partial charge >= 0.3 is 0 Å². The number of likely N-dealkylation sites (tertiary alicyclic amines) is 1. The Morgan fingerprint density at radius 3 is 2.68 bits per heavy atom. The zero-order valence-corrected chi connectivity index (χ0v) is 16.6. The molecule has 6 nitrogen and oxygen atoms in total.